The highest BCUT2D eigenvalue weighted by Crippen LogP contribution is 2.19. The number of para-hydroxylation sites is 2. The lowest BCUT2D eigenvalue weighted by Gasteiger charge is -2.03. The van der Waals surface area contributed by atoms with E-state index in [4.69, 9.17) is 10.3 Å². The Kier molecular flexibility index (Phi) is 3.96. The average molecular weight is 285 g/mol. The fourth-order valence-corrected chi connectivity index (χ4v) is 2.33. The van der Waals surface area contributed by atoms with Crippen molar-refractivity contribution in [1.82, 2.24) is 20.1 Å². The maximum atomic E-state index is 5.52. The van der Waals surface area contributed by atoms with Crippen LogP contribution in [-0.4, -0.2) is 26.7 Å². The number of nitrogens with two attached hydrogens (primary N) is 1. The first kappa shape index (κ1) is 13.8. The van der Waals surface area contributed by atoms with Crippen LogP contribution in [0.15, 0.2) is 28.8 Å². The van der Waals surface area contributed by atoms with E-state index in [0.29, 0.717) is 24.7 Å². The lowest BCUT2D eigenvalue weighted by molar-refractivity contribution is 0.348. The second-order valence-corrected chi connectivity index (χ2v) is 5.26. The van der Waals surface area contributed by atoms with Gasteiger partial charge in [0.25, 0.3) is 0 Å². The van der Waals surface area contributed by atoms with E-state index < -0.39 is 0 Å². The van der Waals surface area contributed by atoms with Crippen molar-refractivity contribution in [3.63, 3.8) is 0 Å². The Balaban J connectivity index is 1.71. The molecule has 0 amide bonds. The molecule has 6 nitrogen and oxygen atoms in total. The summed E-state index contributed by atoms with van der Waals surface area (Å²) in [6.45, 7) is 2.76. The lowest BCUT2D eigenvalue weighted by Crippen LogP contribution is -2.02. The third-order valence-corrected chi connectivity index (χ3v) is 3.51. The van der Waals surface area contributed by atoms with Gasteiger partial charge in [-0.1, -0.05) is 24.2 Å². The van der Waals surface area contributed by atoms with Gasteiger partial charge in [-0.15, -0.1) is 0 Å². The number of nitrogens with one attached hydrogen (secondary N) is 1. The fourth-order valence-electron chi connectivity index (χ4n) is 2.33. The van der Waals surface area contributed by atoms with Crippen LogP contribution in [0.1, 0.15) is 43.2 Å². The fraction of sp³-hybridized carbons (Fsp3) is 0.400. The van der Waals surface area contributed by atoms with Crippen LogP contribution >= 0.6 is 0 Å². The molecule has 1 unspecified atom stereocenters. The topological polar surface area (TPSA) is 93.6 Å². The van der Waals surface area contributed by atoms with Crippen LogP contribution in [0.2, 0.25) is 0 Å². The summed E-state index contributed by atoms with van der Waals surface area (Å²) in [5, 5.41) is 4.03. The van der Waals surface area contributed by atoms with Crippen molar-refractivity contribution in [2.75, 3.05) is 6.54 Å². The SMILES string of the molecule is CC(CCCN)c1nc(Cc2nc3ccccc3[nH]2)no1. The number of rotatable bonds is 6. The van der Waals surface area contributed by atoms with Crippen molar-refractivity contribution in [2.24, 2.45) is 5.73 Å². The molecule has 0 spiro atoms. The number of benzene rings is 1. The molecule has 0 saturated carbocycles. The molecule has 2 heterocycles. The zero-order chi connectivity index (χ0) is 14.7. The molecule has 110 valence electrons. The predicted molar refractivity (Wildman–Crippen MR) is 79.9 cm³/mol. The van der Waals surface area contributed by atoms with Crippen molar-refractivity contribution >= 4 is 11.0 Å². The van der Waals surface area contributed by atoms with Gasteiger partial charge in [-0.3, -0.25) is 0 Å². The number of hydrogen-bond donors (Lipinski definition) is 2. The average Bonchev–Trinajstić information content (AvgIpc) is 3.11. The Bertz CT molecular complexity index is 685. The molecule has 0 fully saturated rings. The largest absolute Gasteiger partial charge is 0.342 e. The van der Waals surface area contributed by atoms with E-state index >= 15 is 0 Å². The normalized spacial score (nSPS) is 12.9. The van der Waals surface area contributed by atoms with Crippen molar-refractivity contribution in [3.8, 4) is 0 Å². The van der Waals surface area contributed by atoms with Crippen LogP contribution in [0.3, 0.4) is 0 Å². The summed E-state index contributed by atoms with van der Waals surface area (Å²) in [6, 6.07) is 7.93. The number of imidazole rings is 1. The standard InChI is InChI=1S/C15H19N5O/c1-10(5-4-8-16)15-19-14(20-21-15)9-13-17-11-6-2-3-7-12(11)18-13/h2-3,6-7,10H,4-5,8-9,16H2,1H3,(H,17,18). The highest BCUT2D eigenvalue weighted by Gasteiger charge is 2.15. The number of fused-ring (bicyclic) bond motifs is 1. The minimum Gasteiger partial charge on any atom is -0.342 e. The highest BCUT2D eigenvalue weighted by atomic mass is 16.5. The first-order valence-electron chi connectivity index (χ1n) is 7.22. The molecule has 0 saturated heterocycles. The van der Waals surface area contributed by atoms with Crippen molar-refractivity contribution in [3.05, 3.63) is 41.8 Å². The smallest absolute Gasteiger partial charge is 0.229 e. The van der Waals surface area contributed by atoms with Gasteiger partial charge < -0.3 is 15.2 Å². The third kappa shape index (κ3) is 3.11. The predicted octanol–water partition coefficient (Wildman–Crippen LogP) is 2.38. The zero-order valence-electron chi connectivity index (χ0n) is 12.0. The zero-order valence-corrected chi connectivity index (χ0v) is 12.0. The molecule has 0 aliphatic heterocycles. The van der Waals surface area contributed by atoms with Gasteiger partial charge in [0.2, 0.25) is 5.89 Å². The molecular formula is C15H19N5O. The molecule has 2 aromatic heterocycles. The minimum atomic E-state index is 0.241. The van der Waals surface area contributed by atoms with Gasteiger partial charge in [-0.05, 0) is 31.5 Å². The van der Waals surface area contributed by atoms with E-state index in [-0.39, 0.29) is 5.92 Å². The molecule has 0 bridgehead atoms. The molecule has 1 aromatic carbocycles. The van der Waals surface area contributed by atoms with E-state index in [1.807, 2.05) is 24.3 Å². The molecule has 0 aliphatic rings. The van der Waals surface area contributed by atoms with Crippen LogP contribution in [0, 0.1) is 0 Å². The van der Waals surface area contributed by atoms with Gasteiger partial charge in [0.1, 0.15) is 5.82 Å². The molecule has 0 aliphatic carbocycles. The van der Waals surface area contributed by atoms with E-state index in [9.17, 15) is 0 Å². The summed E-state index contributed by atoms with van der Waals surface area (Å²) in [6.07, 6.45) is 2.47. The summed E-state index contributed by atoms with van der Waals surface area (Å²) in [4.78, 5) is 12.2. The van der Waals surface area contributed by atoms with E-state index in [1.54, 1.807) is 0 Å². The van der Waals surface area contributed by atoms with Crippen LogP contribution in [0.25, 0.3) is 11.0 Å². The van der Waals surface area contributed by atoms with Gasteiger partial charge in [-0.25, -0.2) is 4.98 Å². The first-order valence-corrected chi connectivity index (χ1v) is 7.22. The minimum absolute atomic E-state index is 0.241. The Morgan fingerprint density at radius 1 is 1.29 bits per heavy atom. The number of aromatic amines is 1. The quantitative estimate of drug-likeness (QED) is 0.725. The van der Waals surface area contributed by atoms with Crippen LogP contribution in [0.5, 0.6) is 0 Å². The monoisotopic (exact) mass is 285 g/mol. The van der Waals surface area contributed by atoms with Crippen LogP contribution in [0.4, 0.5) is 0 Å². The van der Waals surface area contributed by atoms with E-state index in [1.165, 1.54) is 0 Å². The number of H-pyrrole nitrogens is 1. The molecule has 0 radical (unpaired) electrons. The number of nitrogens with zero attached hydrogens (tertiary/aromatic N) is 3. The van der Waals surface area contributed by atoms with Gasteiger partial charge in [0, 0.05) is 5.92 Å². The second kappa shape index (κ2) is 6.05. The molecule has 6 heteroatoms. The molecule has 3 rings (SSSR count). The number of hydrogen-bond acceptors (Lipinski definition) is 5. The molecule has 1 atom stereocenters. The maximum Gasteiger partial charge on any atom is 0.229 e. The second-order valence-electron chi connectivity index (χ2n) is 5.26. The van der Waals surface area contributed by atoms with Crippen molar-refractivity contribution < 1.29 is 4.52 Å². The summed E-state index contributed by atoms with van der Waals surface area (Å²) in [5.74, 6) is 2.42. The van der Waals surface area contributed by atoms with Gasteiger partial charge in [-0.2, -0.15) is 4.98 Å². The molecular weight excluding hydrogens is 266 g/mol. The number of aromatic nitrogens is 4. The van der Waals surface area contributed by atoms with Gasteiger partial charge >= 0.3 is 0 Å². The van der Waals surface area contributed by atoms with Crippen LogP contribution < -0.4 is 5.73 Å². The lowest BCUT2D eigenvalue weighted by atomic mass is 10.1. The summed E-state index contributed by atoms with van der Waals surface area (Å²) < 4.78 is 5.33. The third-order valence-electron chi connectivity index (χ3n) is 3.51. The van der Waals surface area contributed by atoms with Crippen molar-refractivity contribution in [1.29, 1.82) is 0 Å². The molecule has 3 aromatic rings. The van der Waals surface area contributed by atoms with E-state index in [0.717, 1.165) is 29.7 Å². The Morgan fingerprint density at radius 3 is 2.95 bits per heavy atom. The molecule has 21 heavy (non-hydrogen) atoms. The van der Waals surface area contributed by atoms with Gasteiger partial charge in [0.05, 0.1) is 17.5 Å². The van der Waals surface area contributed by atoms with Crippen molar-refractivity contribution in [2.45, 2.75) is 32.1 Å². The maximum absolute atomic E-state index is 5.52. The highest BCUT2D eigenvalue weighted by molar-refractivity contribution is 5.74. The first-order chi connectivity index (χ1) is 10.3. The summed E-state index contributed by atoms with van der Waals surface area (Å²) in [7, 11) is 0. The Labute approximate surface area is 122 Å². The molecule has 3 N–H and O–H groups in total. The summed E-state index contributed by atoms with van der Waals surface area (Å²) >= 11 is 0. The van der Waals surface area contributed by atoms with E-state index in [2.05, 4.69) is 27.0 Å². The Hall–Kier alpha value is -2.21. The Morgan fingerprint density at radius 2 is 2.14 bits per heavy atom. The van der Waals surface area contributed by atoms with Gasteiger partial charge in [0.15, 0.2) is 5.82 Å². The van der Waals surface area contributed by atoms with Crippen LogP contribution in [-0.2, 0) is 6.42 Å². The summed E-state index contributed by atoms with van der Waals surface area (Å²) in [5.41, 5.74) is 7.49.